The average Bonchev–Trinajstić information content (AvgIpc) is 3.46. The number of aryl methyl sites for hydroxylation is 1. The SMILES string of the molecule is CCN1C(=O)C(C#N)=C(C)/C(=C\c2cn(-c3ccccc3)nc2-c2cc(C)c3c(c2)C[C@H](C)O3)C1=O. The van der Waals surface area contributed by atoms with Gasteiger partial charge in [-0.25, -0.2) is 4.68 Å². The van der Waals surface area contributed by atoms with E-state index in [1.54, 1.807) is 24.6 Å². The van der Waals surface area contributed by atoms with Crippen molar-refractivity contribution in [2.75, 3.05) is 6.54 Å². The number of carbonyl (C=O) groups excluding carboxylic acids is 2. The lowest BCUT2D eigenvalue weighted by atomic mass is 9.93. The Bertz CT molecular complexity index is 1510. The van der Waals surface area contributed by atoms with Crippen LogP contribution in [0.15, 0.2) is 65.4 Å². The van der Waals surface area contributed by atoms with Crippen LogP contribution in [-0.2, 0) is 16.0 Å². The Hall–Kier alpha value is -4.44. The van der Waals surface area contributed by atoms with Gasteiger partial charge in [0.25, 0.3) is 11.8 Å². The van der Waals surface area contributed by atoms with E-state index in [2.05, 4.69) is 13.0 Å². The van der Waals surface area contributed by atoms with Gasteiger partial charge < -0.3 is 4.74 Å². The summed E-state index contributed by atoms with van der Waals surface area (Å²) in [5.41, 5.74) is 6.05. The van der Waals surface area contributed by atoms with Crippen molar-refractivity contribution in [2.24, 2.45) is 0 Å². The van der Waals surface area contributed by atoms with Crippen molar-refractivity contribution in [1.82, 2.24) is 14.7 Å². The predicted octanol–water partition coefficient (Wildman–Crippen LogP) is 4.78. The number of imide groups is 1. The van der Waals surface area contributed by atoms with Crippen LogP contribution >= 0.6 is 0 Å². The van der Waals surface area contributed by atoms with E-state index in [1.165, 1.54) is 0 Å². The van der Waals surface area contributed by atoms with Crippen molar-refractivity contribution in [3.8, 4) is 28.8 Å². The van der Waals surface area contributed by atoms with E-state index >= 15 is 0 Å². The first-order valence-electron chi connectivity index (χ1n) is 12.0. The molecule has 0 fully saturated rings. The highest BCUT2D eigenvalue weighted by atomic mass is 16.5. The molecule has 0 radical (unpaired) electrons. The second-order valence-corrected chi connectivity index (χ2v) is 9.15. The van der Waals surface area contributed by atoms with E-state index in [4.69, 9.17) is 9.84 Å². The highest BCUT2D eigenvalue weighted by Gasteiger charge is 2.34. The van der Waals surface area contributed by atoms with Crippen LogP contribution in [-0.4, -0.2) is 39.1 Å². The average molecular weight is 479 g/mol. The number of aromatic nitrogens is 2. The van der Waals surface area contributed by atoms with Crippen LogP contribution in [0, 0.1) is 18.3 Å². The molecular formula is C29H26N4O3. The fourth-order valence-corrected chi connectivity index (χ4v) is 4.86. The monoisotopic (exact) mass is 478 g/mol. The normalized spacial score (nSPS) is 18.5. The molecule has 3 aromatic rings. The molecule has 7 nitrogen and oxygen atoms in total. The van der Waals surface area contributed by atoms with Gasteiger partial charge in [0.1, 0.15) is 23.5 Å². The van der Waals surface area contributed by atoms with Gasteiger partial charge in [0, 0.05) is 35.9 Å². The Kier molecular flexibility index (Phi) is 5.81. The Balaban J connectivity index is 1.72. The van der Waals surface area contributed by atoms with Gasteiger partial charge in [0.2, 0.25) is 0 Å². The smallest absolute Gasteiger partial charge is 0.271 e. The minimum atomic E-state index is -0.553. The molecule has 2 amide bonds. The van der Waals surface area contributed by atoms with Gasteiger partial charge in [-0.05, 0) is 74.7 Å². The number of carbonyl (C=O) groups is 2. The minimum Gasteiger partial charge on any atom is -0.490 e. The fourth-order valence-electron chi connectivity index (χ4n) is 4.86. The molecular weight excluding hydrogens is 452 g/mol. The highest BCUT2D eigenvalue weighted by Crippen LogP contribution is 2.38. The zero-order valence-corrected chi connectivity index (χ0v) is 20.7. The van der Waals surface area contributed by atoms with Gasteiger partial charge in [0.05, 0.1) is 11.4 Å². The third kappa shape index (κ3) is 3.81. The van der Waals surface area contributed by atoms with Gasteiger partial charge in [-0.1, -0.05) is 18.2 Å². The minimum absolute atomic E-state index is 0.0146. The van der Waals surface area contributed by atoms with Crippen LogP contribution in [0.3, 0.4) is 0 Å². The third-order valence-electron chi connectivity index (χ3n) is 6.66. The number of nitrogens with zero attached hydrogens (tertiary/aromatic N) is 4. The molecule has 0 saturated heterocycles. The van der Waals surface area contributed by atoms with Crippen LogP contribution in [0.1, 0.15) is 37.5 Å². The number of fused-ring (bicyclic) bond motifs is 1. The molecule has 0 saturated carbocycles. The highest BCUT2D eigenvalue weighted by molar-refractivity contribution is 6.19. The van der Waals surface area contributed by atoms with E-state index < -0.39 is 11.8 Å². The van der Waals surface area contributed by atoms with Crippen molar-refractivity contribution in [3.63, 3.8) is 0 Å². The van der Waals surface area contributed by atoms with E-state index in [-0.39, 0.29) is 18.2 Å². The second-order valence-electron chi connectivity index (χ2n) is 9.15. The molecule has 1 atom stereocenters. The number of ether oxygens (including phenoxy) is 1. The summed E-state index contributed by atoms with van der Waals surface area (Å²) in [4.78, 5) is 27.0. The molecule has 1 aromatic heterocycles. The van der Waals surface area contributed by atoms with Gasteiger partial charge in [-0.3, -0.25) is 14.5 Å². The maximum Gasteiger partial charge on any atom is 0.271 e. The maximum atomic E-state index is 13.3. The molecule has 0 unspecified atom stereocenters. The van der Waals surface area contributed by atoms with E-state index in [1.807, 2.05) is 55.6 Å². The lowest BCUT2D eigenvalue weighted by Gasteiger charge is -2.26. The Morgan fingerprint density at radius 2 is 1.92 bits per heavy atom. The summed E-state index contributed by atoms with van der Waals surface area (Å²) in [6, 6.07) is 15.9. The summed E-state index contributed by atoms with van der Waals surface area (Å²) >= 11 is 0. The van der Waals surface area contributed by atoms with Crippen molar-refractivity contribution in [1.29, 1.82) is 5.26 Å². The van der Waals surface area contributed by atoms with Crippen LogP contribution in [0.2, 0.25) is 0 Å². The molecule has 2 aromatic carbocycles. The first kappa shape index (κ1) is 23.3. The zero-order valence-electron chi connectivity index (χ0n) is 20.7. The topological polar surface area (TPSA) is 88.2 Å². The predicted molar refractivity (Wildman–Crippen MR) is 136 cm³/mol. The summed E-state index contributed by atoms with van der Waals surface area (Å²) in [7, 11) is 0. The summed E-state index contributed by atoms with van der Waals surface area (Å²) in [5.74, 6) is -0.0429. The Morgan fingerprint density at radius 3 is 2.61 bits per heavy atom. The zero-order chi connectivity index (χ0) is 25.6. The second kappa shape index (κ2) is 8.97. The molecule has 0 aliphatic carbocycles. The molecule has 7 heteroatoms. The summed E-state index contributed by atoms with van der Waals surface area (Å²) in [5, 5.41) is 14.5. The van der Waals surface area contributed by atoms with Crippen molar-refractivity contribution < 1.29 is 14.3 Å². The Labute approximate surface area is 209 Å². The fraction of sp³-hybridized carbons (Fsp3) is 0.241. The lowest BCUT2D eigenvalue weighted by molar-refractivity contribution is -0.140. The first-order valence-corrected chi connectivity index (χ1v) is 12.0. The molecule has 180 valence electrons. The standard InChI is InChI=1S/C29H26N4O3/c1-5-32-28(34)24(19(4)25(15-30)29(32)35)14-22-16-33(23-9-7-6-8-10-23)31-26(22)20-11-17(2)27-21(13-20)12-18(3)36-27/h6-11,13-14,16,18H,5,12H2,1-4H3/b24-14+/t18-/m0/s1. The molecule has 5 rings (SSSR count). The number of hydrogen-bond donors (Lipinski definition) is 0. The lowest BCUT2D eigenvalue weighted by Crippen LogP contribution is -2.42. The van der Waals surface area contributed by atoms with Crippen molar-refractivity contribution >= 4 is 17.9 Å². The number of likely N-dealkylation sites (N-methyl/N-ethyl adjacent to an activating group) is 1. The number of rotatable bonds is 4. The quantitative estimate of drug-likeness (QED) is 0.398. The molecule has 0 bridgehead atoms. The molecule has 2 aliphatic rings. The van der Waals surface area contributed by atoms with Crippen LogP contribution in [0.5, 0.6) is 5.75 Å². The van der Waals surface area contributed by atoms with Crippen LogP contribution < -0.4 is 4.74 Å². The number of benzene rings is 2. The number of para-hydroxylation sites is 1. The molecule has 2 aliphatic heterocycles. The largest absolute Gasteiger partial charge is 0.490 e. The number of hydrogen-bond acceptors (Lipinski definition) is 5. The van der Waals surface area contributed by atoms with Crippen molar-refractivity contribution in [3.05, 3.63) is 82.1 Å². The molecule has 0 N–H and O–H groups in total. The van der Waals surface area contributed by atoms with Gasteiger partial charge in [-0.2, -0.15) is 10.4 Å². The molecule has 3 heterocycles. The Morgan fingerprint density at radius 1 is 1.17 bits per heavy atom. The molecule has 0 spiro atoms. The number of nitriles is 1. The van der Waals surface area contributed by atoms with Crippen LogP contribution in [0.25, 0.3) is 23.0 Å². The summed E-state index contributed by atoms with van der Waals surface area (Å²) in [6.07, 6.45) is 4.55. The first-order chi connectivity index (χ1) is 17.3. The van der Waals surface area contributed by atoms with E-state index in [9.17, 15) is 14.9 Å². The third-order valence-corrected chi connectivity index (χ3v) is 6.66. The summed E-state index contributed by atoms with van der Waals surface area (Å²) < 4.78 is 7.77. The molecule has 36 heavy (non-hydrogen) atoms. The van der Waals surface area contributed by atoms with E-state index in [0.717, 1.165) is 45.0 Å². The van der Waals surface area contributed by atoms with Gasteiger partial charge >= 0.3 is 0 Å². The van der Waals surface area contributed by atoms with Crippen molar-refractivity contribution in [2.45, 2.75) is 40.2 Å². The van der Waals surface area contributed by atoms with Gasteiger partial charge in [0.15, 0.2) is 0 Å². The van der Waals surface area contributed by atoms with Gasteiger partial charge in [-0.15, -0.1) is 0 Å². The van der Waals surface area contributed by atoms with E-state index in [0.29, 0.717) is 16.8 Å². The number of amides is 2. The van der Waals surface area contributed by atoms with Crippen LogP contribution in [0.4, 0.5) is 0 Å². The summed E-state index contributed by atoms with van der Waals surface area (Å²) in [6.45, 7) is 7.63. The maximum absolute atomic E-state index is 13.3.